The van der Waals surface area contributed by atoms with Crippen LogP contribution < -0.4 is 0 Å². The first-order valence-corrected chi connectivity index (χ1v) is 6.99. The van der Waals surface area contributed by atoms with E-state index in [0.29, 0.717) is 6.42 Å². The maximum atomic E-state index is 11.9. The molecule has 7 heteroatoms. The van der Waals surface area contributed by atoms with Crippen molar-refractivity contribution in [2.45, 2.75) is 30.9 Å². The smallest absolute Gasteiger partial charge is 0.370 e. The number of ether oxygens (including phenoxy) is 1. The predicted octanol–water partition coefficient (Wildman–Crippen LogP) is 2.54. The molecular formula is C8H16BrO5P. The van der Waals surface area contributed by atoms with Crippen molar-refractivity contribution in [3.63, 3.8) is 0 Å². The average molecular weight is 303 g/mol. The minimum atomic E-state index is -3.35. The minimum Gasteiger partial charge on any atom is -0.449 e. The van der Waals surface area contributed by atoms with Crippen LogP contribution in [-0.4, -0.2) is 30.9 Å². The van der Waals surface area contributed by atoms with Crippen LogP contribution in [0.25, 0.3) is 0 Å². The van der Waals surface area contributed by atoms with Gasteiger partial charge in [0.1, 0.15) is 4.83 Å². The molecule has 15 heavy (non-hydrogen) atoms. The first-order valence-electron chi connectivity index (χ1n) is 4.47. The first kappa shape index (κ1) is 15.1. The van der Waals surface area contributed by atoms with Gasteiger partial charge in [0.25, 0.3) is 0 Å². The van der Waals surface area contributed by atoms with Crippen LogP contribution in [0, 0.1) is 0 Å². The van der Waals surface area contributed by atoms with Gasteiger partial charge in [-0.25, -0.2) is 0 Å². The first-order chi connectivity index (χ1) is 6.91. The molecule has 0 spiro atoms. The van der Waals surface area contributed by atoms with Crippen LogP contribution in [-0.2, 0) is 23.1 Å². The third kappa shape index (κ3) is 4.23. The van der Waals surface area contributed by atoms with Crippen LogP contribution >= 0.6 is 23.5 Å². The van der Waals surface area contributed by atoms with Gasteiger partial charge in [-0.05, 0) is 13.3 Å². The van der Waals surface area contributed by atoms with E-state index in [0.717, 1.165) is 0 Å². The van der Waals surface area contributed by atoms with Gasteiger partial charge in [-0.1, -0.05) is 22.9 Å². The molecule has 0 aromatic carbocycles. The van der Waals surface area contributed by atoms with E-state index in [9.17, 15) is 9.36 Å². The van der Waals surface area contributed by atoms with Crippen molar-refractivity contribution >= 4 is 29.5 Å². The van der Waals surface area contributed by atoms with Crippen LogP contribution in [0.5, 0.6) is 0 Å². The molecule has 0 aromatic rings. The van der Waals surface area contributed by atoms with E-state index in [4.69, 9.17) is 13.8 Å². The Labute approximate surface area is 98.1 Å². The molecule has 0 N–H and O–H groups in total. The zero-order valence-corrected chi connectivity index (χ0v) is 11.7. The minimum absolute atomic E-state index is 0.365. The molecule has 0 radical (unpaired) electrons. The van der Waals surface area contributed by atoms with Crippen molar-refractivity contribution in [2.75, 3.05) is 14.2 Å². The number of alkyl halides is 1. The van der Waals surface area contributed by atoms with E-state index in [1.807, 2.05) is 0 Å². The summed E-state index contributed by atoms with van der Waals surface area (Å²) in [6.07, 6.45) is 0.365. The molecule has 0 aromatic heterocycles. The Morgan fingerprint density at radius 2 is 1.87 bits per heavy atom. The van der Waals surface area contributed by atoms with Gasteiger partial charge in [0.15, 0.2) is 0 Å². The van der Waals surface area contributed by atoms with E-state index in [-0.39, 0.29) is 0 Å². The number of carbonyl (C=O) groups is 1. The zero-order chi connectivity index (χ0) is 12.1. The summed E-state index contributed by atoms with van der Waals surface area (Å²) < 4.78 is 26.4. The predicted molar refractivity (Wildman–Crippen MR) is 60.2 cm³/mol. The molecule has 0 fully saturated rings. The third-order valence-corrected chi connectivity index (χ3v) is 4.36. The zero-order valence-electron chi connectivity index (χ0n) is 9.23. The largest absolute Gasteiger partial charge is 0.449 e. The number of esters is 1. The number of rotatable bonds is 6. The molecule has 0 aliphatic rings. The lowest BCUT2D eigenvalue weighted by molar-refractivity contribution is -0.145. The second-order valence-electron chi connectivity index (χ2n) is 2.82. The Morgan fingerprint density at radius 1 is 1.40 bits per heavy atom. The Bertz CT molecular complexity index is 247. The second kappa shape index (κ2) is 6.63. The number of hydrogen-bond acceptors (Lipinski definition) is 5. The topological polar surface area (TPSA) is 61.8 Å². The number of halogens is 1. The third-order valence-electron chi connectivity index (χ3n) is 1.79. The Hall–Kier alpha value is 0.1000. The maximum absolute atomic E-state index is 11.9. The van der Waals surface area contributed by atoms with Crippen molar-refractivity contribution in [3.05, 3.63) is 0 Å². The molecule has 0 bridgehead atoms. The highest BCUT2D eigenvalue weighted by Gasteiger charge is 2.36. The van der Waals surface area contributed by atoms with Gasteiger partial charge < -0.3 is 13.8 Å². The van der Waals surface area contributed by atoms with Gasteiger partial charge in [-0.15, -0.1) is 0 Å². The Balaban J connectivity index is 4.63. The highest BCUT2D eigenvalue weighted by atomic mass is 79.9. The summed E-state index contributed by atoms with van der Waals surface area (Å²) in [5, 5.41) is 0. The van der Waals surface area contributed by atoms with Gasteiger partial charge >= 0.3 is 13.6 Å². The molecular weight excluding hydrogens is 287 g/mol. The summed E-state index contributed by atoms with van der Waals surface area (Å²) in [6, 6.07) is 0. The van der Waals surface area contributed by atoms with Crippen LogP contribution in [0.1, 0.15) is 20.3 Å². The molecule has 0 rings (SSSR count). The molecule has 0 aliphatic carbocycles. The van der Waals surface area contributed by atoms with Crippen molar-refractivity contribution in [3.8, 4) is 0 Å². The SMILES string of the molecule is CCC(OC(=O)C(C)Br)P(=O)(OC)OC. The molecule has 5 nitrogen and oxygen atoms in total. The fraction of sp³-hybridized carbons (Fsp3) is 0.875. The van der Waals surface area contributed by atoms with Crippen LogP contribution in [0.2, 0.25) is 0 Å². The van der Waals surface area contributed by atoms with Gasteiger partial charge in [0, 0.05) is 14.2 Å². The maximum Gasteiger partial charge on any atom is 0.370 e. The van der Waals surface area contributed by atoms with E-state index >= 15 is 0 Å². The van der Waals surface area contributed by atoms with Crippen molar-refractivity contribution in [1.29, 1.82) is 0 Å². The van der Waals surface area contributed by atoms with Gasteiger partial charge in [0.05, 0.1) is 0 Å². The van der Waals surface area contributed by atoms with E-state index in [1.165, 1.54) is 14.2 Å². The molecule has 0 saturated carbocycles. The molecule has 0 heterocycles. The summed E-state index contributed by atoms with van der Waals surface area (Å²) in [6.45, 7) is 3.36. The summed E-state index contributed by atoms with van der Waals surface area (Å²) >= 11 is 3.06. The summed E-state index contributed by atoms with van der Waals surface area (Å²) in [7, 11) is -0.824. The summed E-state index contributed by atoms with van der Waals surface area (Å²) in [4.78, 5) is 10.8. The molecule has 2 atom stereocenters. The van der Waals surface area contributed by atoms with Crippen molar-refractivity contribution in [1.82, 2.24) is 0 Å². The van der Waals surface area contributed by atoms with Gasteiger partial charge in [-0.2, -0.15) is 0 Å². The highest BCUT2D eigenvalue weighted by molar-refractivity contribution is 9.10. The van der Waals surface area contributed by atoms with E-state index < -0.39 is 24.2 Å². The average Bonchev–Trinajstić information content (AvgIpc) is 2.24. The Kier molecular flexibility index (Phi) is 6.68. The number of hydrogen-bond donors (Lipinski definition) is 0. The number of carbonyl (C=O) groups excluding carboxylic acids is 1. The van der Waals surface area contributed by atoms with Crippen LogP contribution in [0.15, 0.2) is 0 Å². The standard InChI is InChI=1S/C8H16BrO5P/c1-5-7(14-8(10)6(2)9)15(11,12-3)13-4/h6-7H,5H2,1-4H3. The quantitative estimate of drug-likeness (QED) is 0.429. The van der Waals surface area contributed by atoms with Crippen LogP contribution in [0.3, 0.4) is 0 Å². The fourth-order valence-corrected chi connectivity index (χ4v) is 2.32. The molecule has 90 valence electrons. The summed E-state index contributed by atoms with van der Waals surface area (Å²) in [5.74, 6) is -1.35. The Morgan fingerprint density at radius 3 is 2.13 bits per heavy atom. The van der Waals surface area contributed by atoms with Gasteiger partial charge in [0.2, 0.25) is 5.85 Å². The molecule has 0 saturated heterocycles. The van der Waals surface area contributed by atoms with Crippen LogP contribution in [0.4, 0.5) is 0 Å². The lowest BCUT2D eigenvalue weighted by Crippen LogP contribution is -2.23. The highest BCUT2D eigenvalue weighted by Crippen LogP contribution is 2.53. The van der Waals surface area contributed by atoms with E-state index in [2.05, 4.69) is 15.9 Å². The fourth-order valence-electron chi connectivity index (χ4n) is 0.909. The van der Waals surface area contributed by atoms with Gasteiger partial charge in [-0.3, -0.25) is 9.36 Å². The lowest BCUT2D eigenvalue weighted by atomic mass is 10.5. The molecule has 2 unspecified atom stereocenters. The normalized spacial score (nSPS) is 15.8. The van der Waals surface area contributed by atoms with Crippen molar-refractivity contribution in [2.24, 2.45) is 0 Å². The van der Waals surface area contributed by atoms with E-state index in [1.54, 1.807) is 13.8 Å². The van der Waals surface area contributed by atoms with Crippen molar-refractivity contribution < 1.29 is 23.1 Å². The summed E-state index contributed by atoms with van der Waals surface area (Å²) in [5.41, 5.74) is 0. The molecule has 0 amide bonds. The monoisotopic (exact) mass is 302 g/mol. The molecule has 0 aliphatic heterocycles. The lowest BCUT2D eigenvalue weighted by Gasteiger charge is -2.23. The second-order valence-corrected chi connectivity index (χ2v) is 6.58.